The van der Waals surface area contributed by atoms with Gasteiger partial charge in [-0.25, -0.2) is 0 Å². The molecule has 0 aliphatic rings. The number of benzene rings is 1. The van der Waals surface area contributed by atoms with Crippen molar-refractivity contribution in [3.8, 4) is 12.0 Å². The molecule has 0 saturated heterocycles. The fourth-order valence-corrected chi connectivity index (χ4v) is 1.29. The first-order valence-corrected chi connectivity index (χ1v) is 4.36. The average molecular weight is 144 g/mol. The van der Waals surface area contributed by atoms with E-state index in [1.165, 1.54) is 5.56 Å². The van der Waals surface area contributed by atoms with Gasteiger partial charge in [-0.15, -0.1) is 12.0 Å². The lowest BCUT2D eigenvalue weighted by Crippen LogP contribution is -1.91. The number of terminal acetylenes is 1. The molecule has 0 atom stereocenters. The van der Waals surface area contributed by atoms with Crippen molar-refractivity contribution >= 4 is 9.52 Å². The summed E-state index contributed by atoms with van der Waals surface area (Å²) >= 11 is 0. The summed E-state index contributed by atoms with van der Waals surface area (Å²) in [6, 6.07) is 11.3. The highest BCUT2D eigenvalue weighted by Crippen LogP contribution is 1.97. The van der Waals surface area contributed by atoms with Crippen LogP contribution in [0.15, 0.2) is 30.3 Å². The lowest BCUT2D eigenvalue weighted by molar-refractivity contribution is 1.39. The van der Waals surface area contributed by atoms with Crippen molar-refractivity contribution in [3.63, 3.8) is 0 Å². The van der Waals surface area contributed by atoms with E-state index in [1.807, 2.05) is 18.2 Å². The molecule has 0 amide bonds. The summed E-state index contributed by atoms with van der Waals surface area (Å²) in [7, 11) is 0.620. The second kappa shape index (κ2) is 3.92. The largest absolute Gasteiger partial charge is 0.152 e. The van der Waals surface area contributed by atoms with E-state index in [9.17, 15) is 0 Å². The van der Waals surface area contributed by atoms with Crippen LogP contribution < -0.4 is 0 Å². The van der Waals surface area contributed by atoms with Gasteiger partial charge in [-0.1, -0.05) is 35.9 Å². The standard InChI is InChI=1S/C9H8Si/c1-2-10-8-9-6-4-3-5-7-9/h1,3-7H,8H2. The molecular weight excluding hydrogens is 136 g/mol. The van der Waals surface area contributed by atoms with Crippen molar-refractivity contribution in [2.75, 3.05) is 0 Å². The van der Waals surface area contributed by atoms with Crippen molar-refractivity contribution in [2.45, 2.75) is 6.04 Å². The summed E-state index contributed by atoms with van der Waals surface area (Å²) in [5.74, 6) is 0. The Labute approximate surface area is 64.1 Å². The molecule has 0 N–H and O–H groups in total. The molecular formula is C9H8Si. The fourth-order valence-electron chi connectivity index (χ4n) is 0.749. The van der Waals surface area contributed by atoms with Gasteiger partial charge in [-0.3, -0.25) is 0 Å². The first kappa shape index (κ1) is 7.11. The van der Waals surface area contributed by atoms with Crippen LogP contribution in [0, 0.1) is 12.0 Å². The Kier molecular flexibility index (Phi) is 2.78. The van der Waals surface area contributed by atoms with Gasteiger partial charge in [0, 0.05) is 0 Å². The highest BCUT2D eigenvalue weighted by molar-refractivity contribution is 6.45. The first-order valence-electron chi connectivity index (χ1n) is 3.16. The Balaban J connectivity index is 2.52. The molecule has 2 radical (unpaired) electrons. The molecule has 1 aromatic rings. The minimum atomic E-state index is 0.620. The Morgan fingerprint density at radius 1 is 1.30 bits per heavy atom. The number of rotatable bonds is 2. The van der Waals surface area contributed by atoms with E-state index < -0.39 is 0 Å². The van der Waals surface area contributed by atoms with E-state index in [0.717, 1.165) is 6.04 Å². The third kappa shape index (κ3) is 2.08. The van der Waals surface area contributed by atoms with Gasteiger partial charge in [0.15, 0.2) is 9.52 Å². The van der Waals surface area contributed by atoms with Crippen LogP contribution in [-0.4, -0.2) is 9.52 Å². The van der Waals surface area contributed by atoms with Crippen LogP contribution in [0.5, 0.6) is 0 Å². The quantitative estimate of drug-likeness (QED) is 0.435. The van der Waals surface area contributed by atoms with Gasteiger partial charge in [-0.2, -0.15) is 0 Å². The van der Waals surface area contributed by atoms with Crippen molar-refractivity contribution in [2.24, 2.45) is 0 Å². The van der Waals surface area contributed by atoms with Crippen molar-refractivity contribution < 1.29 is 0 Å². The first-order chi connectivity index (χ1) is 4.93. The molecule has 10 heavy (non-hydrogen) atoms. The second-order valence-corrected chi connectivity index (χ2v) is 2.98. The minimum Gasteiger partial charge on any atom is -0.138 e. The molecule has 0 bridgehead atoms. The van der Waals surface area contributed by atoms with Crippen molar-refractivity contribution in [1.82, 2.24) is 0 Å². The third-order valence-corrected chi connectivity index (χ3v) is 2.03. The highest BCUT2D eigenvalue weighted by atomic mass is 28.2. The summed E-state index contributed by atoms with van der Waals surface area (Å²) in [5, 5.41) is 0. The van der Waals surface area contributed by atoms with Crippen LogP contribution in [-0.2, 0) is 6.04 Å². The molecule has 0 fully saturated rings. The van der Waals surface area contributed by atoms with E-state index in [4.69, 9.17) is 6.42 Å². The number of hydrogen-bond acceptors (Lipinski definition) is 0. The summed E-state index contributed by atoms with van der Waals surface area (Å²) in [4.78, 5) is 0. The smallest absolute Gasteiger partial charge is 0.138 e. The predicted molar refractivity (Wildman–Crippen MR) is 44.7 cm³/mol. The molecule has 0 aliphatic carbocycles. The molecule has 48 valence electrons. The fraction of sp³-hybridized carbons (Fsp3) is 0.111. The summed E-state index contributed by atoms with van der Waals surface area (Å²) in [6.07, 6.45) is 5.14. The Bertz CT molecular complexity index is 220. The Morgan fingerprint density at radius 3 is 2.60 bits per heavy atom. The van der Waals surface area contributed by atoms with Crippen LogP contribution in [0.25, 0.3) is 0 Å². The zero-order valence-electron chi connectivity index (χ0n) is 5.67. The van der Waals surface area contributed by atoms with E-state index in [1.54, 1.807) is 0 Å². The number of hydrogen-bond donors (Lipinski definition) is 0. The monoisotopic (exact) mass is 144 g/mol. The molecule has 1 rings (SSSR count). The topological polar surface area (TPSA) is 0 Å². The molecule has 0 aliphatic heterocycles. The van der Waals surface area contributed by atoms with Gasteiger partial charge in [-0.05, 0) is 6.04 Å². The minimum absolute atomic E-state index is 0.620. The lowest BCUT2D eigenvalue weighted by Gasteiger charge is -1.92. The van der Waals surface area contributed by atoms with Crippen molar-refractivity contribution in [3.05, 3.63) is 35.9 Å². The summed E-state index contributed by atoms with van der Waals surface area (Å²) in [5.41, 5.74) is 3.98. The van der Waals surface area contributed by atoms with E-state index in [2.05, 4.69) is 17.7 Å². The van der Waals surface area contributed by atoms with E-state index in [-0.39, 0.29) is 0 Å². The maximum atomic E-state index is 5.14. The maximum absolute atomic E-state index is 5.14. The highest BCUT2D eigenvalue weighted by Gasteiger charge is 1.87. The zero-order chi connectivity index (χ0) is 7.23. The molecule has 0 spiro atoms. The van der Waals surface area contributed by atoms with Gasteiger partial charge in [0.1, 0.15) is 0 Å². The maximum Gasteiger partial charge on any atom is 0.152 e. The van der Waals surface area contributed by atoms with Crippen LogP contribution in [0.4, 0.5) is 0 Å². The van der Waals surface area contributed by atoms with Crippen molar-refractivity contribution in [1.29, 1.82) is 0 Å². The van der Waals surface area contributed by atoms with Gasteiger partial charge in [0.25, 0.3) is 0 Å². The zero-order valence-corrected chi connectivity index (χ0v) is 6.67. The van der Waals surface area contributed by atoms with Gasteiger partial charge in [0.05, 0.1) is 0 Å². The molecule has 0 saturated carbocycles. The predicted octanol–water partition coefficient (Wildman–Crippen LogP) is 1.48. The third-order valence-electron chi connectivity index (χ3n) is 1.24. The molecule has 0 unspecified atom stereocenters. The van der Waals surface area contributed by atoms with Crippen LogP contribution in [0.2, 0.25) is 0 Å². The summed E-state index contributed by atoms with van der Waals surface area (Å²) < 4.78 is 0. The van der Waals surface area contributed by atoms with Crippen LogP contribution in [0.3, 0.4) is 0 Å². The van der Waals surface area contributed by atoms with E-state index in [0.29, 0.717) is 9.52 Å². The Hall–Kier alpha value is -1.00. The van der Waals surface area contributed by atoms with Gasteiger partial charge < -0.3 is 0 Å². The Morgan fingerprint density at radius 2 is 2.00 bits per heavy atom. The average Bonchev–Trinajstić information content (AvgIpc) is 2.03. The molecule has 0 nitrogen and oxygen atoms in total. The second-order valence-electron chi connectivity index (χ2n) is 1.98. The molecule has 1 heteroatoms. The van der Waals surface area contributed by atoms with Crippen LogP contribution in [0.1, 0.15) is 5.56 Å². The normalized spacial score (nSPS) is 8.70. The van der Waals surface area contributed by atoms with Gasteiger partial charge in [0.2, 0.25) is 0 Å². The lowest BCUT2D eigenvalue weighted by atomic mass is 10.2. The summed E-state index contributed by atoms with van der Waals surface area (Å²) in [6.45, 7) is 0. The molecule has 0 aromatic heterocycles. The van der Waals surface area contributed by atoms with Crippen LogP contribution >= 0.6 is 0 Å². The molecule has 1 aromatic carbocycles. The van der Waals surface area contributed by atoms with E-state index >= 15 is 0 Å². The SMILES string of the molecule is C#C[Si]Cc1ccccc1. The molecule has 0 heterocycles. The van der Waals surface area contributed by atoms with Gasteiger partial charge >= 0.3 is 0 Å².